The Hall–Kier alpha value is -1.68. The van der Waals surface area contributed by atoms with Crippen LogP contribution >= 0.6 is 15.9 Å². The SMILES string of the molecule is O=C(O)C(Cc1ccc(Br)cc1)c1cccc(F)c1. The quantitative estimate of drug-likeness (QED) is 0.923. The van der Waals surface area contributed by atoms with Crippen molar-refractivity contribution < 1.29 is 14.3 Å². The van der Waals surface area contributed by atoms with Gasteiger partial charge in [-0.3, -0.25) is 4.79 Å². The maximum atomic E-state index is 13.2. The van der Waals surface area contributed by atoms with Crippen LogP contribution in [0, 0.1) is 5.82 Å². The van der Waals surface area contributed by atoms with Crippen molar-refractivity contribution in [2.45, 2.75) is 12.3 Å². The average molecular weight is 323 g/mol. The summed E-state index contributed by atoms with van der Waals surface area (Å²) in [5.41, 5.74) is 1.38. The third kappa shape index (κ3) is 3.64. The van der Waals surface area contributed by atoms with Gasteiger partial charge in [0.1, 0.15) is 5.82 Å². The highest BCUT2D eigenvalue weighted by atomic mass is 79.9. The molecular formula is C15H12BrFO2. The molecule has 0 radical (unpaired) electrons. The third-order valence-electron chi connectivity index (χ3n) is 2.90. The average Bonchev–Trinajstić information content (AvgIpc) is 2.37. The molecule has 0 aliphatic rings. The number of halogens is 2. The van der Waals surface area contributed by atoms with E-state index in [1.807, 2.05) is 24.3 Å². The summed E-state index contributed by atoms with van der Waals surface area (Å²) in [4.78, 5) is 11.4. The molecule has 0 saturated carbocycles. The predicted octanol–water partition coefficient (Wildman–Crippen LogP) is 4.00. The van der Waals surface area contributed by atoms with Gasteiger partial charge in [-0.1, -0.05) is 40.2 Å². The van der Waals surface area contributed by atoms with Crippen LogP contribution in [0.15, 0.2) is 53.0 Å². The summed E-state index contributed by atoms with van der Waals surface area (Å²) in [6.07, 6.45) is 0.339. The maximum Gasteiger partial charge on any atom is 0.311 e. The molecule has 1 unspecified atom stereocenters. The lowest BCUT2D eigenvalue weighted by atomic mass is 9.92. The number of aliphatic carboxylic acids is 1. The Balaban J connectivity index is 2.26. The van der Waals surface area contributed by atoms with Crippen molar-refractivity contribution in [3.63, 3.8) is 0 Å². The highest BCUT2D eigenvalue weighted by Crippen LogP contribution is 2.23. The lowest BCUT2D eigenvalue weighted by Gasteiger charge is -2.13. The van der Waals surface area contributed by atoms with Crippen molar-refractivity contribution in [2.75, 3.05) is 0 Å². The number of hydrogen-bond acceptors (Lipinski definition) is 1. The molecule has 0 bridgehead atoms. The minimum Gasteiger partial charge on any atom is -0.481 e. The molecule has 0 fully saturated rings. The van der Waals surface area contributed by atoms with Crippen LogP contribution in [-0.2, 0) is 11.2 Å². The van der Waals surface area contributed by atoms with Crippen molar-refractivity contribution in [3.8, 4) is 0 Å². The zero-order valence-corrected chi connectivity index (χ0v) is 11.6. The smallest absolute Gasteiger partial charge is 0.311 e. The lowest BCUT2D eigenvalue weighted by Crippen LogP contribution is -2.14. The first-order chi connectivity index (χ1) is 9.06. The van der Waals surface area contributed by atoms with E-state index in [2.05, 4.69) is 15.9 Å². The van der Waals surface area contributed by atoms with Gasteiger partial charge < -0.3 is 5.11 Å². The number of carboxylic acid groups (broad SMARTS) is 1. The molecule has 98 valence electrons. The normalized spacial score (nSPS) is 12.1. The molecule has 4 heteroatoms. The van der Waals surface area contributed by atoms with E-state index in [9.17, 15) is 14.3 Å². The van der Waals surface area contributed by atoms with Gasteiger partial charge in [0.05, 0.1) is 5.92 Å². The van der Waals surface area contributed by atoms with Crippen LogP contribution in [0.5, 0.6) is 0 Å². The molecule has 2 rings (SSSR count). The Morgan fingerprint density at radius 3 is 2.47 bits per heavy atom. The molecule has 0 heterocycles. The fraction of sp³-hybridized carbons (Fsp3) is 0.133. The Morgan fingerprint density at radius 2 is 1.89 bits per heavy atom. The van der Waals surface area contributed by atoms with E-state index < -0.39 is 17.7 Å². The van der Waals surface area contributed by atoms with Crippen LogP contribution in [0.1, 0.15) is 17.0 Å². The highest BCUT2D eigenvalue weighted by Gasteiger charge is 2.20. The molecule has 2 nitrogen and oxygen atoms in total. The summed E-state index contributed by atoms with van der Waals surface area (Å²) in [6, 6.07) is 13.2. The number of carboxylic acids is 1. The van der Waals surface area contributed by atoms with Gasteiger partial charge >= 0.3 is 5.97 Å². The molecule has 0 spiro atoms. The number of rotatable bonds is 4. The van der Waals surface area contributed by atoms with E-state index in [1.165, 1.54) is 18.2 Å². The lowest BCUT2D eigenvalue weighted by molar-refractivity contribution is -0.138. The Labute approximate surface area is 119 Å². The van der Waals surface area contributed by atoms with Gasteiger partial charge in [0.2, 0.25) is 0 Å². The molecule has 0 aliphatic heterocycles. The van der Waals surface area contributed by atoms with E-state index in [0.717, 1.165) is 10.0 Å². The number of benzene rings is 2. The van der Waals surface area contributed by atoms with E-state index in [1.54, 1.807) is 6.07 Å². The Morgan fingerprint density at radius 1 is 1.21 bits per heavy atom. The summed E-state index contributed by atoms with van der Waals surface area (Å²) in [6.45, 7) is 0. The molecule has 0 aromatic heterocycles. The minimum absolute atomic E-state index is 0.339. The van der Waals surface area contributed by atoms with Crippen molar-refractivity contribution in [3.05, 3.63) is 69.9 Å². The van der Waals surface area contributed by atoms with Crippen LogP contribution < -0.4 is 0 Å². The van der Waals surface area contributed by atoms with Gasteiger partial charge in [0.15, 0.2) is 0 Å². The zero-order chi connectivity index (χ0) is 13.8. The van der Waals surface area contributed by atoms with Crippen molar-refractivity contribution >= 4 is 21.9 Å². The molecule has 2 aromatic carbocycles. The molecule has 0 aliphatic carbocycles. The number of carbonyl (C=O) groups is 1. The van der Waals surface area contributed by atoms with Crippen LogP contribution in [0.25, 0.3) is 0 Å². The number of hydrogen-bond donors (Lipinski definition) is 1. The van der Waals surface area contributed by atoms with Crippen LogP contribution in [0.4, 0.5) is 4.39 Å². The van der Waals surface area contributed by atoms with Crippen molar-refractivity contribution in [1.82, 2.24) is 0 Å². The highest BCUT2D eigenvalue weighted by molar-refractivity contribution is 9.10. The summed E-state index contributed by atoms with van der Waals surface area (Å²) < 4.78 is 14.1. The van der Waals surface area contributed by atoms with Crippen LogP contribution in [0.2, 0.25) is 0 Å². The molecular weight excluding hydrogens is 311 g/mol. The first-order valence-electron chi connectivity index (χ1n) is 5.79. The van der Waals surface area contributed by atoms with E-state index >= 15 is 0 Å². The van der Waals surface area contributed by atoms with Crippen LogP contribution in [-0.4, -0.2) is 11.1 Å². The standard InChI is InChI=1S/C15H12BrFO2/c16-12-6-4-10(5-7-12)8-14(15(18)19)11-2-1-3-13(17)9-11/h1-7,9,14H,8H2,(H,18,19). The Bertz CT molecular complexity index is 581. The van der Waals surface area contributed by atoms with Gasteiger partial charge in [-0.15, -0.1) is 0 Å². The molecule has 19 heavy (non-hydrogen) atoms. The molecule has 0 saturated heterocycles. The minimum atomic E-state index is -0.950. The first kappa shape index (κ1) is 13.7. The van der Waals surface area contributed by atoms with Crippen molar-refractivity contribution in [2.24, 2.45) is 0 Å². The second-order valence-electron chi connectivity index (χ2n) is 4.28. The summed E-state index contributed by atoms with van der Waals surface area (Å²) in [7, 11) is 0. The van der Waals surface area contributed by atoms with Gasteiger partial charge in [-0.05, 0) is 41.8 Å². The van der Waals surface area contributed by atoms with Crippen LogP contribution in [0.3, 0.4) is 0 Å². The molecule has 1 N–H and O–H groups in total. The molecule has 1 atom stereocenters. The summed E-state index contributed by atoms with van der Waals surface area (Å²) in [5.74, 6) is -2.11. The van der Waals surface area contributed by atoms with Gasteiger partial charge in [-0.2, -0.15) is 0 Å². The van der Waals surface area contributed by atoms with E-state index in [0.29, 0.717) is 12.0 Å². The molecule has 0 amide bonds. The van der Waals surface area contributed by atoms with E-state index in [-0.39, 0.29) is 0 Å². The fourth-order valence-corrected chi connectivity index (χ4v) is 2.19. The zero-order valence-electron chi connectivity index (χ0n) is 10.0. The maximum absolute atomic E-state index is 13.2. The summed E-state index contributed by atoms with van der Waals surface area (Å²) in [5, 5.41) is 9.30. The van der Waals surface area contributed by atoms with Gasteiger partial charge in [0.25, 0.3) is 0 Å². The second kappa shape index (κ2) is 5.97. The monoisotopic (exact) mass is 322 g/mol. The second-order valence-corrected chi connectivity index (χ2v) is 5.19. The topological polar surface area (TPSA) is 37.3 Å². The van der Waals surface area contributed by atoms with Gasteiger partial charge in [0, 0.05) is 4.47 Å². The summed E-state index contributed by atoms with van der Waals surface area (Å²) >= 11 is 3.33. The van der Waals surface area contributed by atoms with Gasteiger partial charge in [-0.25, -0.2) is 4.39 Å². The first-order valence-corrected chi connectivity index (χ1v) is 6.58. The third-order valence-corrected chi connectivity index (χ3v) is 3.43. The largest absolute Gasteiger partial charge is 0.481 e. The van der Waals surface area contributed by atoms with Crippen molar-refractivity contribution in [1.29, 1.82) is 0 Å². The fourth-order valence-electron chi connectivity index (χ4n) is 1.93. The Kier molecular flexibility index (Phi) is 4.32. The predicted molar refractivity (Wildman–Crippen MR) is 74.6 cm³/mol. The molecule has 2 aromatic rings. The van der Waals surface area contributed by atoms with E-state index in [4.69, 9.17) is 0 Å².